The molecule has 22 heavy (non-hydrogen) atoms. The van der Waals surface area contributed by atoms with E-state index < -0.39 is 4.92 Å². The Bertz CT molecular complexity index is 524. The molecule has 2 rings (SSSR count). The highest BCUT2D eigenvalue weighted by atomic mass is 35.5. The van der Waals surface area contributed by atoms with Gasteiger partial charge in [0, 0.05) is 37.9 Å². The van der Waals surface area contributed by atoms with Crippen molar-refractivity contribution in [2.45, 2.75) is 0 Å². The Morgan fingerprint density at radius 1 is 1.36 bits per heavy atom. The number of hydrogen-bond donors (Lipinski definition) is 2. The van der Waals surface area contributed by atoms with Gasteiger partial charge in [0.05, 0.1) is 11.5 Å². The first kappa shape index (κ1) is 20.9. The van der Waals surface area contributed by atoms with Crippen LogP contribution in [-0.2, 0) is 4.79 Å². The van der Waals surface area contributed by atoms with Crippen molar-refractivity contribution in [2.75, 3.05) is 38.0 Å². The van der Waals surface area contributed by atoms with Crippen LogP contribution in [0.2, 0.25) is 5.02 Å². The molecule has 1 amide bonds. The standard InChI is InChI=1S/C12H15ClN4O3.2ClH/c13-10-2-1-9(7-11(10)17(19)20)15-12(18)8-16-5-3-14-4-6-16;;/h1-2,7,14H,3-6,8H2,(H,15,18);2*1H. The van der Waals surface area contributed by atoms with Gasteiger partial charge in [-0.05, 0) is 12.1 Å². The molecule has 0 aliphatic carbocycles. The summed E-state index contributed by atoms with van der Waals surface area (Å²) in [5, 5.41) is 16.7. The average Bonchev–Trinajstić information content (AvgIpc) is 2.41. The van der Waals surface area contributed by atoms with Crippen LogP contribution >= 0.6 is 36.4 Å². The molecule has 1 aliphatic heterocycles. The number of hydrogen-bond acceptors (Lipinski definition) is 5. The molecule has 1 saturated heterocycles. The third-order valence-corrected chi connectivity index (χ3v) is 3.32. The van der Waals surface area contributed by atoms with Gasteiger partial charge in [-0.15, -0.1) is 24.8 Å². The fraction of sp³-hybridized carbons (Fsp3) is 0.417. The summed E-state index contributed by atoms with van der Waals surface area (Å²) < 4.78 is 0. The summed E-state index contributed by atoms with van der Waals surface area (Å²) in [5.74, 6) is -0.191. The first-order valence-corrected chi connectivity index (χ1v) is 6.61. The molecule has 10 heteroatoms. The third kappa shape index (κ3) is 5.94. The molecule has 2 N–H and O–H groups in total. The second kappa shape index (κ2) is 9.81. The van der Waals surface area contributed by atoms with Gasteiger partial charge in [0.15, 0.2) is 0 Å². The molecular formula is C12H17Cl3N4O3. The SMILES string of the molecule is Cl.Cl.O=C(CN1CCNCC1)Nc1ccc(Cl)c([N+](=O)[O-])c1. The van der Waals surface area contributed by atoms with Crippen LogP contribution in [0.3, 0.4) is 0 Å². The van der Waals surface area contributed by atoms with Gasteiger partial charge in [-0.2, -0.15) is 0 Å². The van der Waals surface area contributed by atoms with Gasteiger partial charge in [-0.1, -0.05) is 11.6 Å². The lowest BCUT2D eigenvalue weighted by atomic mass is 10.2. The Balaban J connectivity index is 0.00000220. The number of nitro groups is 1. The van der Waals surface area contributed by atoms with E-state index in [1.165, 1.54) is 12.1 Å². The number of benzene rings is 1. The Labute approximate surface area is 145 Å². The summed E-state index contributed by atoms with van der Waals surface area (Å²) in [5.41, 5.74) is 0.160. The zero-order valence-electron chi connectivity index (χ0n) is 11.6. The Hall–Kier alpha value is -1.12. The van der Waals surface area contributed by atoms with Crippen molar-refractivity contribution in [3.05, 3.63) is 33.3 Å². The molecule has 7 nitrogen and oxygen atoms in total. The first-order chi connectivity index (χ1) is 9.56. The summed E-state index contributed by atoms with van der Waals surface area (Å²) >= 11 is 5.71. The van der Waals surface area contributed by atoms with Crippen molar-refractivity contribution in [2.24, 2.45) is 0 Å². The van der Waals surface area contributed by atoms with E-state index in [0.29, 0.717) is 5.69 Å². The van der Waals surface area contributed by atoms with Gasteiger partial charge in [0.1, 0.15) is 5.02 Å². The molecule has 0 saturated carbocycles. The first-order valence-electron chi connectivity index (χ1n) is 6.23. The van der Waals surface area contributed by atoms with E-state index in [1.54, 1.807) is 6.07 Å². The highest BCUT2D eigenvalue weighted by molar-refractivity contribution is 6.32. The van der Waals surface area contributed by atoms with Gasteiger partial charge in [-0.3, -0.25) is 19.8 Å². The van der Waals surface area contributed by atoms with Crippen LogP contribution in [-0.4, -0.2) is 48.5 Å². The van der Waals surface area contributed by atoms with Crippen LogP contribution in [0.25, 0.3) is 0 Å². The average molecular weight is 372 g/mol. The lowest BCUT2D eigenvalue weighted by molar-refractivity contribution is -0.384. The maximum absolute atomic E-state index is 11.9. The second-order valence-corrected chi connectivity index (χ2v) is 4.90. The van der Waals surface area contributed by atoms with E-state index in [2.05, 4.69) is 10.6 Å². The van der Waals surface area contributed by atoms with Crippen molar-refractivity contribution >= 4 is 53.7 Å². The number of carbonyl (C=O) groups is 1. The number of halogens is 3. The van der Waals surface area contributed by atoms with Crippen molar-refractivity contribution in [1.29, 1.82) is 0 Å². The molecule has 1 aromatic rings. The van der Waals surface area contributed by atoms with Gasteiger partial charge >= 0.3 is 0 Å². The number of nitro benzene ring substituents is 1. The lowest BCUT2D eigenvalue weighted by Gasteiger charge is -2.26. The number of amides is 1. The fourth-order valence-corrected chi connectivity index (χ4v) is 2.19. The van der Waals surface area contributed by atoms with Crippen LogP contribution in [0, 0.1) is 10.1 Å². The maximum atomic E-state index is 11.9. The zero-order chi connectivity index (χ0) is 14.5. The van der Waals surface area contributed by atoms with Gasteiger partial charge in [-0.25, -0.2) is 0 Å². The Morgan fingerprint density at radius 3 is 2.59 bits per heavy atom. The van der Waals surface area contributed by atoms with Crippen LogP contribution in [0.5, 0.6) is 0 Å². The maximum Gasteiger partial charge on any atom is 0.289 e. The zero-order valence-corrected chi connectivity index (χ0v) is 14.0. The molecule has 0 radical (unpaired) electrons. The number of nitrogens with zero attached hydrogens (tertiary/aromatic N) is 2. The molecule has 1 fully saturated rings. The summed E-state index contributed by atoms with van der Waals surface area (Å²) in [6.07, 6.45) is 0. The van der Waals surface area contributed by atoms with Crippen molar-refractivity contribution < 1.29 is 9.72 Å². The third-order valence-electron chi connectivity index (χ3n) is 3.00. The fourth-order valence-electron chi connectivity index (χ4n) is 2.00. The largest absolute Gasteiger partial charge is 0.325 e. The monoisotopic (exact) mass is 370 g/mol. The molecular weight excluding hydrogens is 355 g/mol. The summed E-state index contributed by atoms with van der Waals surface area (Å²) in [7, 11) is 0. The van der Waals surface area contributed by atoms with Gasteiger partial charge in [0.2, 0.25) is 5.91 Å². The number of anilines is 1. The van der Waals surface area contributed by atoms with E-state index in [0.717, 1.165) is 26.2 Å². The van der Waals surface area contributed by atoms with E-state index in [1.807, 2.05) is 4.90 Å². The molecule has 0 spiro atoms. The predicted molar refractivity (Wildman–Crippen MR) is 90.5 cm³/mol. The topological polar surface area (TPSA) is 87.5 Å². The van der Waals surface area contributed by atoms with Crippen LogP contribution < -0.4 is 10.6 Å². The molecule has 0 bridgehead atoms. The number of carbonyl (C=O) groups excluding carboxylic acids is 1. The highest BCUT2D eigenvalue weighted by Gasteiger charge is 2.16. The molecule has 0 aromatic heterocycles. The summed E-state index contributed by atoms with van der Waals surface area (Å²) in [4.78, 5) is 24.1. The quantitative estimate of drug-likeness (QED) is 0.624. The molecule has 1 heterocycles. The lowest BCUT2D eigenvalue weighted by Crippen LogP contribution is -2.46. The number of nitrogens with one attached hydrogen (secondary N) is 2. The Kier molecular flexibility index (Phi) is 9.31. The van der Waals surface area contributed by atoms with Gasteiger partial charge < -0.3 is 10.6 Å². The normalized spacial score (nSPS) is 14.4. The van der Waals surface area contributed by atoms with Gasteiger partial charge in [0.25, 0.3) is 5.69 Å². The van der Waals surface area contributed by atoms with E-state index in [9.17, 15) is 14.9 Å². The summed E-state index contributed by atoms with van der Waals surface area (Å²) in [6.45, 7) is 3.62. The molecule has 1 aromatic carbocycles. The van der Waals surface area contributed by atoms with E-state index in [4.69, 9.17) is 11.6 Å². The minimum Gasteiger partial charge on any atom is -0.325 e. The molecule has 124 valence electrons. The molecule has 1 aliphatic rings. The van der Waals surface area contributed by atoms with Crippen LogP contribution in [0.1, 0.15) is 0 Å². The minimum absolute atomic E-state index is 0. The Morgan fingerprint density at radius 2 is 2.00 bits per heavy atom. The number of rotatable bonds is 4. The van der Waals surface area contributed by atoms with Crippen molar-refractivity contribution in [3.8, 4) is 0 Å². The highest BCUT2D eigenvalue weighted by Crippen LogP contribution is 2.27. The number of piperazine rings is 1. The second-order valence-electron chi connectivity index (χ2n) is 4.50. The summed E-state index contributed by atoms with van der Waals surface area (Å²) in [6, 6.07) is 4.21. The van der Waals surface area contributed by atoms with Crippen molar-refractivity contribution in [3.63, 3.8) is 0 Å². The molecule has 0 unspecified atom stereocenters. The van der Waals surface area contributed by atoms with Crippen LogP contribution in [0.15, 0.2) is 18.2 Å². The van der Waals surface area contributed by atoms with Crippen LogP contribution in [0.4, 0.5) is 11.4 Å². The smallest absolute Gasteiger partial charge is 0.289 e. The predicted octanol–water partition coefficient (Wildman–Crippen LogP) is 1.94. The van der Waals surface area contributed by atoms with E-state index >= 15 is 0 Å². The van der Waals surface area contributed by atoms with Crippen molar-refractivity contribution in [1.82, 2.24) is 10.2 Å². The minimum atomic E-state index is -0.575. The molecule has 0 atom stereocenters. The van der Waals surface area contributed by atoms with E-state index in [-0.39, 0.29) is 48.0 Å².